The van der Waals surface area contributed by atoms with Gasteiger partial charge in [-0.1, -0.05) is 31.2 Å². The topological polar surface area (TPSA) is 52.6 Å². The van der Waals surface area contributed by atoms with Crippen molar-refractivity contribution in [2.75, 3.05) is 19.7 Å². The van der Waals surface area contributed by atoms with Gasteiger partial charge in [-0.15, -0.1) is 0 Å². The molecule has 1 unspecified atom stereocenters. The number of aliphatic hydroxyl groups excluding tert-OH is 1. The Balaban J connectivity index is 1.58. The number of urea groups is 1. The van der Waals surface area contributed by atoms with E-state index in [2.05, 4.69) is 30.4 Å². The van der Waals surface area contributed by atoms with Gasteiger partial charge in [0.05, 0.1) is 6.04 Å². The molecular formula is C18H26N2O2. The summed E-state index contributed by atoms with van der Waals surface area (Å²) >= 11 is 0. The van der Waals surface area contributed by atoms with Gasteiger partial charge in [-0.2, -0.15) is 0 Å². The minimum Gasteiger partial charge on any atom is -0.396 e. The maximum absolute atomic E-state index is 12.5. The number of likely N-dealkylation sites (tertiary alicyclic amines) is 1. The highest BCUT2D eigenvalue weighted by Gasteiger charge is 2.34. The lowest BCUT2D eigenvalue weighted by Crippen LogP contribution is -2.48. The Morgan fingerprint density at radius 2 is 2.09 bits per heavy atom. The fourth-order valence-corrected chi connectivity index (χ4v) is 3.76. The summed E-state index contributed by atoms with van der Waals surface area (Å²) in [5, 5.41) is 12.8. The quantitative estimate of drug-likeness (QED) is 0.902. The summed E-state index contributed by atoms with van der Waals surface area (Å²) in [7, 11) is 0. The largest absolute Gasteiger partial charge is 0.396 e. The molecule has 0 spiro atoms. The molecule has 1 aromatic carbocycles. The molecule has 4 nitrogen and oxygen atoms in total. The average Bonchev–Trinajstić information content (AvgIpc) is 2.98. The lowest BCUT2D eigenvalue weighted by molar-refractivity contribution is 0.0515. The number of hydrogen-bond acceptors (Lipinski definition) is 2. The van der Waals surface area contributed by atoms with Gasteiger partial charge >= 0.3 is 6.03 Å². The monoisotopic (exact) mass is 302 g/mol. The summed E-state index contributed by atoms with van der Waals surface area (Å²) in [6.45, 7) is 3.85. The molecule has 1 aliphatic heterocycles. The smallest absolute Gasteiger partial charge is 0.317 e. The van der Waals surface area contributed by atoms with E-state index in [-0.39, 0.29) is 24.1 Å². The molecule has 22 heavy (non-hydrogen) atoms. The number of piperidine rings is 1. The van der Waals surface area contributed by atoms with Gasteiger partial charge < -0.3 is 15.3 Å². The zero-order valence-electron chi connectivity index (χ0n) is 13.3. The minimum atomic E-state index is 0.0245. The first-order valence-electron chi connectivity index (χ1n) is 8.41. The van der Waals surface area contributed by atoms with Gasteiger partial charge in [-0.25, -0.2) is 4.79 Å². The molecule has 4 heteroatoms. The van der Waals surface area contributed by atoms with E-state index in [0.29, 0.717) is 0 Å². The van der Waals surface area contributed by atoms with Crippen molar-refractivity contribution in [2.24, 2.45) is 5.41 Å². The summed E-state index contributed by atoms with van der Waals surface area (Å²) in [5.41, 5.74) is 2.65. The standard InChI is InChI=1S/C18H26N2O2/c1-2-18(13-21)9-11-20(12-10-18)17(22)19-16-8-7-14-5-3-4-6-15(14)16/h3-6,16,21H,2,7-13H2,1H3,(H,19,22). The molecular weight excluding hydrogens is 276 g/mol. The summed E-state index contributed by atoms with van der Waals surface area (Å²) < 4.78 is 0. The van der Waals surface area contributed by atoms with Gasteiger partial charge in [0.1, 0.15) is 0 Å². The number of nitrogens with zero attached hydrogens (tertiary/aromatic N) is 1. The Hall–Kier alpha value is -1.55. The predicted octanol–water partition coefficient (Wildman–Crippen LogP) is 2.87. The molecule has 3 rings (SSSR count). The predicted molar refractivity (Wildman–Crippen MR) is 86.7 cm³/mol. The van der Waals surface area contributed by atoms with Crippen molar-refractivity contribution in [2.45, 2.75) is 45.1 Å². The number of carbonyl (C=O) groups is 1. The number of hydrogen-bond donors (Lipinski definition) is 2. The first-order chi connectivity index (χ1) is 10.7. The van der Waals surface area contributed by atoms with Crippen LogP contribution in [0.5, 0.6) is 0 Å². The number of amides is 2. The first-order valence-corrected chi connectivity index (χ1v) is 8.41. The van der Waals surface area contributed by atoms with Gasteiger partial charge in [0, 0.05) is 19.7 Å². The molecule has 120 valence electrons. The van der Waals surface area contributed by atoms with E-state index in [1.165, 1.54) is 11.1 Å². The van der Waals surface area contributed by atoms with Crippen LogP contribution in [0.15, 0.2) is 24.3 Å². The van der Waals surface area contributed by atoms with Crippen molar-refractivity contribution in [3.8, 4) is 0 Å². The molecule has 1 aliphatic carbocycles. The number of rotatable bonds is 3. The molecule has 1 saturated heterocycles. The highest BCUT2D eigenvalue weighted by atomic mass is 16.3. The summed E-state index contributed by atoms with van der Waals surface area (Å²) in [5.74, 6) is 0. The Bertz CT molecular complexity index is 530. The van der Waals surface area contributed by atoms with Crippen LogP contribution >= 0.6 is 0 Å². The molecule has 2 N–H and O–H groups in total. The molecule has 1 fully saturated rings. The Morgan fingerprint density at radius 3 is 2.77 bits per heavy atom. The van der Waals surface area contributed by atoms with Crippen LogP contribution in [0.2, 0.25) is 0 Å². The van der Waals surface area contributed by atoms with Crippen molar-refractivity contribution in [3.63, 3.8) is 0 Å². The van der Waals surface area contributed by atoms with E-state index in [1.807, 2.05) is 11.0 Å². The molecule has 0 aromatic heterocycles. The van der Waals surface area contributed by atoms with E-state index in [0.717, 1.165) is 45.2 Å². The molecule has 0 radical (unpaired) electrons. The van der Waals surface area contributed by atoms with Crippen molar-refractivity contribution < 1.29 is 9.90 Å². The van der Waals surface area contributed by atoms with Crippen molar-refractivity contribution in [1.82, 2.24) is 10.2 Å². The molecule has 1 aromatic rings. The van der Waals surface area contributed by atoms with Crippen molar-refractivity contribution >= 4 is 6.03 Å². The number of carbonyl (C=O) groups excluding carboxylic acids is 1. The van der Waals surface area contributed by atoms with Crippen LogP contribution in [-0.4, -0.2) is 35.7 Å². The van der Waals surface area contributed by atoms with Crippen molar-refractivity contribution in [1.29, 1.82) is 0 Å². The van der Waals surface area contributed by atoms with E-state index in [4.69, 9.17) is 0 Å². The fraction of sp³-hybridized carbons (Fsp3) is 0.611. The third-order valence-corrected chi connectivity index (χ3v) is 5.63. The van der Waals surface area contributed by atoms with Crippen LogP contribution in [-0.2, 0) is 6.42 Å². The van der Waals surface area contributed by atoms with E-state index in [1.54, 1.807) is 0 Å². The number of aryl methyl sites for hydroxylation is 1. The lowest BCUT2D eigenvalue weighted by atomic mass is 9.77. The third kappa shape index (κ3) is 2.84. The van der Waals surface area contributed by atoms with Crippen LogP contribution in [0, 0.1) is 5.41 Å². The van der Waals surface area contributed by atoms with Crippen LogP contribution in [0.1, 0.15) is 49.8 Å². The number of benzene rings is 1. The minimum absolute atomic E-state index is 0.0245. The SMILES string of the molecule is CCC1(CO)CCN(C(=O)NC2CCc3ccccc32)CC1. The van der Waals surface area contributed by atoms with Crippen LogP contribution < -0.4 is 5.32 Å². The van der Waals surface area contributed by atoms with Gasteiger partial charge in [-0.3, -0.25) is 0 Å². The van der Waals surface area contributed by atoms with Crippen LogP contribution in [0.25, 0.3) is 0 Å². The summed E-state index contributed by atoms with van der Waals surface area (Å²) in [4.78, 5) is 14.4. The molecule has 1 atom stereocenters. The Morgan fingerprint density at radius 1 is 1.36 bits per heavy atom. The first kappa shape index (κ1) is 15.3. The highest BCUT2D eigenvalue weighted by Crippen LogP contribution is 2.35. The second kappa shape index (κ2) is 6.29. The van der Waals surface area contributed by atoms with Gasteiger partial charge in [0.15, 0.2) is 0 Å². The Labute approximate surface area is 132 Å². The number of nitrogens with one attached hydrogen (secondary N) is 1. The molecule has 2 aliphatic rings. The normalized spacial score (nSPS) is 23.2. The van der Waals surface area contributed by atoms with Gasteiger partial charge in [0.25, 0.3) is 0 Å². The molecule has 1 heterocycles. The molecule has 0 saturated carbocycles. The van der Waals surface area contributed by atoms with Crippen molar-refractivity contribution in [3.05, 3.63) is 35.4 Å². The highest BCUT2D eigenvalue weighted by molar-refractivity contribution is 5.75. The average molecular weight is 302 g/mol. The van der Waals surface area contributed by atoms with Crippen LogP contribution in [0.3, 0.4) is 0 Å². The lowest BCUT2D eigenvalue weighted by Gasteiger charge is -2.40. The zero-order chi connectivity index (χ0) is 15.6. The maximum atomic E-state index is 12.5. The van der Waals surface area contributed by atoms with Crippen LogP contribution in [0.4, 0.5) is 4.79 Å². The maximum Gasteiger partial charge on any atom is 0.317 e. The zero-order valence-corrected chi connectivity index (χ0v) is 13.3. The van der Waals surface area contributed by atoms with Gasteiger partial charge in [-0.05, 0) is 48.6 Å². The van der Waals surface area contributed by atoms with E-state index < -0.39 is 0 Å². The summed E-state index contributed by atoms with van der Waals surface area (Å²) in [6.07, 6.45) is 4.82. The second-order valence-corrected chi connectivity index (χ2v) is 6.74. The summed E-state index contributed by atoms with van der Waals surface area (Å²) in [6, 6.07) is 8.58. The third-order valence-electron chi connectivity index (χ3n) is 5.63. The second-order valence-electron chi connectivity index (χ2n) is 6.74. The molecule has 2 amide bonds. The fourth-order valence-electron chi connectivity index (χ4n) is 3.76. The number of aliphatic hydroxyl groups is 1. The van der Waals surface area contributed by atoms with E-state index in [9.17, 15) is 9.90 Å². The van der Waals surface area contributed by atoms with E-state index >= 15 is 0 Å². The van der Waals surface area contributed by atoms with Gasteiger partial charge in [0.2, 0.25) is 0 Å². The number of fused-ring (bicyclic) bond motifs is 1. The Kier molecular flexibility index (Phi) is 4.39. The molecule has 0 bridgehead atoms.